The molecule has 5 nitrogen and oxygen atoms in total. The summed E-state index contributed by atoms with van der Waals surface area (Å²) >= 11 is 0. The quantitative estimate of drug-likeness (QED) is 0.827. The van der Waals surface area contributed by atoms with Gasteiger partial charge < -0.3 is 15.3 Å². The van der Waals surface area contributed by atoms with Gasteiger partial charge in [0, 0.05) is 12.1 Å². The average molecular weight is 284 g/mol. The highest BCUT2D eigenvalue weighted by molar-refractivity contribution is 5.84. The first-order valence-corrected chi connectivity index (χ1v) is 7.32. The standard InChI is InChI=1S/C15H28N2O3/c1-14(2,3)17(10-7-11(18)19)13(20)12-15(4,5)8-6-9-16-12/h12,16H,6-10H2,1-5H3,(H,18,19). The maximum absolute atomic E-state index is 12.8. The minimum Gasteiger partial charge on any atom is -0.481 e. The van der Waals surface area contributed by atoms with Crippen molar-refractivity contribution in [3.05, 3.63) is 0 Å². The Morgan fingerprint density at radius 2 is 1.95 bits per heavy atom. The summed E-state index contributed by atoms with van der Waals surface area (Å²) in [6.07, 6.45) is 2.06. The topological polar surface area (TPSA) is 69.6 Å². The number of rotatable bonds is 4. The highest BCUT2D eigenvalue weighted by Crippen LogP contribution is 2.32. The zero-order chi connectivity index (χ0) is 15.6. The minimum absolute atomic E-state index is 0.0171. The highest BCUT2D eigenvalue weighted by Gasteiger charge is 2.41. The summed E-state index contributed by atoms with van der Waals surface area (Å²) in [6.45, 7) is 11.1. The third-order valence-corrected chi connectivity index (χ3v) is 4.00. The molecule has 2 N–H and O–H groups in total. The molecule has 1 aliphatic heterocycles. The van der Waals surface area contributed by atoms with Crippen LogP contribution in [0.25, 0.3) is 0 Å². The van der Waals surface area contributed by atoms with Crippen LogP contribution in [0.2, 0.25) is 0 Å². The van der Waals surface area contributed by atoms with Crippen LogP contribution in [0.5, 0.6) is 0 Å². The molecule has 0 bridgehead atoms. The summed E-state index contributed by atoms with van der Waals surface area (Å²) < 4.78 is 0. The first-order valence-electron chi connectivity index (χ1n) is 7.32. The molecule has 1 amide bonds. The number of nitrogens with zero attached hydrogens (tertiary/aromatic N) is 1. The number of carboxylic acid groups (broad SMARTS) is 1. The van der Waals surface area contributed by atoms with Crippen molar-refractivity contribution in [1.29, 1.82) is 0 Å². The maximum atomic E-state index is 12.8. The van der Waals surface area contributed by atoms with Crippen LogP contribution < -0.4 is 5.32 Å². The van der Waals surface area contributed by atoms with E-state index in [2.05, 4.69) is 19.2 Å². The number of hydrogen-bond donors (Lipinski definition) is 2. The van der Waals surface area contributed by atoms with E-state index in [0.717, 1.165) is 19.4 Å². The van der Waals surface area contributed by atoms with Crippen molar-refractivity contribution in [3.63, 3.8) is 0 Å². The minimum atomic E-state index is -0.872. The number of nitrogens with one attached hydrogen (secondary N) is 1. The van der Waals surface area contributed by atoms with Crippen LogP contribution in [0.3, 0.4) is 0 Å². The van der Waals surface area contributed by atoms with E-state index >= 15 is 0 Å². The SMILES string of the molecule is CC1(C)CCCNC1C(=O)N(CCC(=O)O)C(C)(C)C. The van der Waals surface area contributed by atoms with Gasteiger partial charge in [0.1, 0.15) is 0 Å². The lowest BCUT2D eigenvalue weighted by Crippen LogP contribution is -2.60. The van der Waals surface area contributed by atoms with Crippen molar-refractivity contribution in [2.24, 2.45) is 5.41 Å². The molecule has 1 fully saturated rings. The molecule has 1 saturated heterocycles. The Labute approximate surface area is 121 Å². The number of carboxylic acids is 1. The Kier molecular flexibility index (Phi) is 5.19. The van der Waals surface area contributed by atoms with E-state index in [-0.39, 0.29) is 35.9 Å². The lowest BCUT2D eigenvalue weighted by atomic mass is 9.76. The predicted molar refractivity (Wildman–Crippen MR) is 78.5 cm³/mol. The Balaban J connectivity index is 2.89. The second-order valence-corrected chi connectivity index (χ2v) is 7.28. The van der Waals surface area contributed by atoms with E-state index in [1.54, 1.807) is 4.90 Å². The normalized spacial score (nSPS) is 22.4. The summed E-state index contributed by atoms with van der Waals surface area (Å²) in [6, 6.07) is -0.232. The first kappa shape index (κ1) is 17.0. The van der Waals surface area contributed by atoms with Gasteiger partial charge in [-0.2, -0.15) is 0 Å². The van der Waals surface area contributed by atoms with Crippen molar-refractivity contribution in [2.75, 3.05) is 13.1 Å². The van der Waals surface area contributed by atoms with Crippen LogP contribution in [0.15, 0.2) is 0 Å². The lowest BCUT2D eigenvalue weighted by molar-refractivity contribution is -0.144. The maximum Gasteiger partial charge on any atom is 0.305 e. The van der Waals surface area contributed by atoms with Crippen LogP contribution in [-0.4, -0.2) is 46.6 Å². The largest absolute Gasteiger partial charge is 0.481 e. The monoisotopic (exact) mass is 284 g/mol. The Morgan fingerprint density at radius 3 is 2.40 bits per heavy atom. The third kappa shape index (κ3) is 4.20. The molecule has 1 heterocycles. The van der Waals surface area contributed by atoms with E-state index < -0.39 is 5.97 Å². The van der Waals surface area contributed by atoms with E-state index in [9.17, 15) is 9.59 Å². The van der Waals surface area contributed by atoms with Crippen molar-refractivity contribution in [3.8, 4) is 0 Å². The van der Waals surface area contributed by atoms with Crippen molar-refractivity contribution >= 4 is 11.9 Å². The zero-order valence-electron chi connectivity index (χ0n) is 13.3. The van der Waals surface area contributed by atoms with Crippen LogP contribution in [-0.2, 0) is 9.59 Å². The summed E-state index contributed by atoms with van der Waals surface area (Å²) in [5.41, 5.74) is -0.468. The third-order valence-electron chi connectivity index (χ3n) is 4.00. The van der Waals surface area contributed by atoms with E-state index in [1.165, 1.54) is 0 Å². The molecule has 20 heavy (non-hydrogen) atoms. The van der Waals surface area contributed by atoms with E-state index in [1.807, 2.05) is 20.8 Å². The van der Waals surface area contributed by atoms with E-state index in [4.69, 9.17) is 5.11 Å². The van der Waals surface area contributed by atoms with Crippen molar-refractivity contribution in [2.45, 2.75) is 65.5 Å². The first-order chi connectivity index (χ1) is 9.05. The molecule has 116 valence electrons. The molecule has 0 radical (unpaired) electrons. The van der Waals surface area contributed by atoms with Gasteiger partial charge in [0.2, 0.25) is 5.91 Å². The highest BCUT2D eigenvalue weighted by atomic mass is 16.4. The van der Waals surface area contributed by atoms with Gasteiger partial charge >= 0.3 is 5.97 Å². The number of carbonyl (C=O) groups is 2. The Morgan fingerprint density at radius 1 is 1.35 bits per heavy atom. The molecule has 1 unspecified atom stereocenters. The van der Waals surface area contributed by atoms with Crippen LogP contribution in [0, 0.1) is 5.41 Å². The lowest BCUT2D eigenvalue weighted by Gasteiger charge is -2.44. The molecular weight excluding hydrogens is 256 g/mol. The molecular formula is C15H28N2O3. The molecule has 1 rings (SSSR count). The predicted octanol–water partition coefficient (Wildman–Crippen LogP) is 1.87. The number of amides is 1. The molecule has 5 heteroatoms. The van der Waals surface area contributed by atoms with Gasteiger partial charge in [-0.3, -0.25) is 9.59 Å². The van der Waals surface area contributed by atoms with Crippen molar-refractivity contribution in [1.82, 2.24) is 10.2 Å². The van der Waals surface area contributed by atoms with Crippen LogP contribution in [0.4, 0.5) is 0 Å². The summed E-state index contributed by atoms with van der Waals surface area (Å²) in [7, 11) is 0. The second-order valence-electron chi connectivity index (χ2n) is 7.28. The molecule has 0 aliphatic carbocycles. The fraction of sp³-hybridized carbons (Fsp3) is 0.867. The van der Waals surface area contributed by atoms with Gasteiger partial charge in [-0.05, 0) is 45.6 Å². The molecule has 1 atom stereocenters. The molecule has 0 spiro atoms. The van der Waals surface area contributed by atoms with Crippen LogP contribution in [0.1, 0.15) is 53.9 Å². The fourth-order valence-electron chi connectivity index (χ4n) is 2.77. The van der Waals surface area contributed by atoms with Gasteiger partial charge in [-0.25, -0.2) is 0 Å². The molecule has 0 aromatic heterocycles. The second kappa shape index (κ2) is 6.12. The van der Waals surface area contributed by atoms with Gasteiger partial charge in [-0.15, -0.1) is 0 Å². The molecule has 1 aliphatic rings. The van der Waals surface area contributed by atoms with Crippen molar-refractivity contribution < 1.29 is 14.7 Å². The van der Waals surface area contributed by atoms with E-state index in [0.29, 0.717) is 0 Å². The molecule has 0 aromatic rings. The van der Waals surface area contributed by atoms with Gasteiger partial charge in [0.15, 0.2) is 0 Å². The smallest absolute Gasteiger partial charge is 0.305 e. The van der Waals surface area contributed by atoms with Crippen LogP contribution >= 0.6 is 0 Å². The number of piperidine rings is 1. The number of hydrogen-bond acceptors (Lipinski definition) is 3. The average Bonchev–Trinajstić information content (AvgIpc) is 2.25. The van der Waals surface area contributed by atoms with Gasteiger partial charge in [0.25, 0.3) is 0 Å². The molecule has 0 saturated carbocycles. The fourth-order valence-corrected chi connectivity index (χ4v) is 2.77. The summed E-state index contributed by atoms with van der Waals surface area (Å²) in [5.74, 6) is -0.855. The summed E-state index contributed by atoms with van der Waals surface area (Å²) in [5, 5.41) is 12.2. The van der Waals surface area contributed by atoms with Gasteiger partial charge in [0.05, 0.1) is 12.5 Å². The molecule has 0 aromatic carbocycles. The number of carbonyl (C=O) groups excluding carboxylic acids is 1. The zero-order valence-corrected chi connectivity index (χ0v) is 13.3. The Bertz CT molecular complexity index is 372. The van der Waals surface area contributed by atoms with Gasteiger partial charge in [-0.1, -0.05) is 13.8 Å². The summed E-state index contributed by atoms with van der Waals surface area (Å²) in [4.78, 5) is 25.3. The number of aliphatic carboxylic acids is 1. The Hall–Kier alpha value is -1.10.